The summed E-state index contributed by atoms with van der Waals surface area (Å²) in [5.41, 5.74) is -1.40. The van der Waals surface area contributed by atoms with Gasteiger partial charge in [0.05, 0.1) is 23.7 Å². The Hall–Kier alpha value is -4.30. The fraction of sp³-hybridized carbons (Fsp3) is 0.200. The van der Waals surface area contributed by atoms with Crippen molar-refractivity contribution >= 4 is 17.4 Å². The number of hydrogen-bond acceptors (Lipinski definition) is 6. The minimum atomic E-state index is -0.797. The molecule has 1 fully saturated rings. The Morgan fingerprint density at radius 3 is 2.51 bits per heavy atom. The van der Waals surface area contributed by atoms with Gasteiger partial charge in [-0.15, -0.1) is 0 Å². The lowest BCUT2D eigenvalue weighted by Gasteiger charge is -2.44. The van der Waals surface area contributed by atoms with Gasteiger partial charge in [0, 0.05) is 37.0 Å². The highest BCUT2D eigenvalue weighted by Crippen LogP contribution is 2.41. The third-order valence-electron chi connectivity index (χ3n) is 5.99. The molecule has 12 heteroatoms. The Balaban J connectivity index is 1.36. The van der Waals surface area contributed by atoms with Crippen LogP contribution in [0.25, 0.3) is 5.69 Å². The SMILES string of the molecule is CC1(C#N)CN(c2nccc(Oc3ccc(-n4ncn(Cc5c(F)cccc5F)c4=O)cc3F)c2Cl)C1. The zero-order chi connectivity index (χ0) is 26.3. The fourth-order valence-corrected chi connectivity index (χ4v) is 4.30. The molecule has 0 spiro atoms. The molecule has 2 aromatic heterocycles. The predicted molar refractivity (Wildman–Crippen MR) is 128 cm³/mol. The van der Waals surface area contributed by atoms with Gasteiger partial charge < -0.3 is 9.64 Å². The number of halogens is 4. The highest BCUT2D eigenvalue weighted by molar-refractivity contribution is 6.34. The molecule has 4 aromatic rings. The molecule has 2 aromatic carbocycles. The molecule has 188 valence electrons. The minimum Gasteiger partial charge on any atom is -0.453 e. The molecule has 0 aliphatic carbocycles. The van der Waals surface area contributed by atoms with E-state index in [9.17, 15) is 23.2 Å². The quantitative estimate of drug-likeness (QED) is 0.362. The zero-order valence-electron chi connectivity index (χ0n) is 19.3. The molecular formula is C25H18ClF3N6O2. The Kier molecular flexibility index (Phi) is 6.13. The van der Waals surface area contributed by atoms with Gasteiger partial charge in [-0.1, -0.05) is 17.7 Å². The first kappa shape index (κ1) is 24.4. The Bertz CT molecular complexity index is 1590. The summed E-state index contributed by atoms with van der Waals surface area (Å²) in [5, 5.41) is 13.3. The molecule has 1 aliphatic rings. The lowest BCUT2D eigenvalue weighted by molar-refractivity contribution is 0.334. The lowest BCUT2D eigenvalue weighted by Crippen LogP contribution is -2.54. The summed E-state index contributed by atoms with van der Waals surface area (Å²) in [7, 11) is 0. The molecule has 1 saturated heterocycles. The Labute approximate surface area is 213 Å². The van der Waals surface area contributed by atoms with Crippen molar-refractivity contribution in [3.63, 3.8) is 0 Å². The third-order valence-corrected chi connectivity index (χ3v) is 6.34. The number of rotatable bonds is 6. The number of ether oxygens (including phenoxy) is 1. The van der Waals surface area contributed by atoms with E-state index in [-0.39, 0.29) is 34.3 Å². The first-order valence-corrected chi connectivity index (χ1v) is 11.4. The van der Waals surface area contributed by atoms with E-state index in [1.165, 1.54) is 30.5 Å². The van der Waals surface area contributed by atoms with Crippen LogP contribution in [0.3, 0.4) is 0 Å². The van der Waals surface area contributed by atoms with Crippen LogP contribution in [-0.4, -0.2) is 32.4 Å². The van der Waals surface area contributed by atoms with Crippen LogP contribution in [0.5, 0.6) is 11.5 Å². The molecule has 8 nitrogen and oxygen atoms in total. The monoisotopic (exact) mass is 526 g/mol. The van der Waals surface area contributed by atoms with Crippen molar-refractivity contribution in [1.29, 1.82) is 5.26 Å². The van der Waals surface area contributed by atoms with Crippen LogP contribution < -0.4 is 15.3 Å². The molecule has 3 heterocycles. The maximum absolute atomic E-state index is 14.9. The summed E-state index contributed by atoms with van der Waals surface area (Å²) < 4.78 is 50.5. The smallest absolute Gasteiger partial charge is 0.350 e. The van der Waals surface area contributed by atoms with Crippen molar-refractivity contribution in [1.82, 2.24) is 19.3 Å². The lowest BCUT2D eigenvalue weighted by atomic mass is 9.84. The second-order valence-electron chi connectivity index (χ2n) is 8.85. The average molecular weight is 527 g/mol. The van der Waals surface area contributed by atoms with Crippen molar-refractivity contribution < 1.29 is 17.9 Å². The van der Waals surface area contributed by atoms with E-state index in [0.29, 0.717) is 18.9 Å². The van der Waals surface area contributed by atoms with Gasteiger partial charge in [0.15, 0.2) is 23.1 Å². The van der Waals surface area contributed by atoms with Gasteiger partial charge in [0.25, 0.3) is 0 Å². The van der Waals surface area contributed by atoms with Crippen LogP contribution >= 0.6 is 11.6 Å². The van der Waals surface area contributed by atoms with Gasteiger partial charge in [-0.05, 0) is 31.2 Å². The fourth-order valence-electron chi connectivity index (χ4n) is 4.03. The minimum absolute atomic E-state index is 0.0838. The van der Waals surface area contributed by atoms with E-state index in [1.807, 2.05) is 11.8 Å². The highest BCUT2D eigenvalue weighted by atomic mass is 35.5. The van der Waals surface area contributed by atoms with Gasteiger partial charge in [-0.25, -0.2) is 22.9 Å². The molecular weight excluding hydrogens is 509 g/mol. The van der Waals surface area contributed by atoms with Crippen LogP contribution in [-0.2, 0) is 6.54 Å². The zero-order valence-corrected chi connectivity index (χ0v) is 20.1. The average Bonchev–Trinajstić information content (AvgIpc) is 3.22. The van der Waals surface area contributed by atoms with E-state index in [1.54, 1.807) is 0 Å². The van der Waals surface area contributed by atoms with Crippen LogP contribution in [0.15, 0.2) is 59.8 Å². The number of nitriles is 1. The summed E-state index contributed by atoms with van der Waals surface area (Å²) >= 11 is 6.45. The van der Waals surface area contributed by atoms with Crippen molar-refractivity contribution in [3.05, 3.63) is 93.5 Å². The van der Waals surface area contributed by atoms with Gasteiger partial charge in [0.2, 0.25) is 0 Å². The Morgan fingerprint density at radius 2 is 1.84 bits per heavy atom. The predicted octanol–water partition coefficient (Wildman–Crippen LogP) is 4.69. The van der Waals surface area contributed by atoms with E-state index >= 15 is 0 Å². The van der Waals surface area contributed by atoms with Crippen molar-refractivity contribution in [2.24, 2.45) is 5.41 Å². The molecule has 1 aliphatic heterocycles. The molecule has 0 amide bonds. The van der Waals surface area contributed by atoms with Crippen LogP contribution in [0.2, 0.25) is 5.02 Å². The molecule has 0 N–H and O–H groups in total. The van der Waals surface area contributed by atoms with Gasteiger partial charge in [0.1, 0.15) is 23.0 Å². The number of hydrogen-bond donors (Lipinski definition) is 0. The summed E-state index contributed by atoms with van der Waals surface area (Å²) in [4.78, 5) is 18.8. The van der Waals surface area contributed by atoms with E-state index < -0.39 is 28.6 Å². The van der Waals surface area contributed by atoms with E-state index in [2.05, 4.69) is 16.2 Å². The first-order chi connectivity index (χ1) is 17.7. The van der Waals surface area contributed by atoms with Gasteiger partial charge >= 0.3 is 5.69 Å². The second-order valence-corrected chi connectivity index (χ2v) is 9.22. The number of benzene rings is 2. The number of nitrogens with zero attached hydrogens (tertiary/aromatic N) is 6. The van der Waals surface area contributed by atoms with E-state index in [4.69, 9.17) is 16.3 Å². The van der Waals surface area contributed by atoms with Gasteiger partial charge in [-0.3, -0.25) is 4.57 Å². The topological polar surface area (TPSA) is 89.0 Å². The number of pyridine rings is 1. The molecule has 5 rings (SSSR count). The maximum Gasteiger partial charge on any atom is 0.350 e. The standard InChI is InChI=1S/C25H18ClF3N6O2/c1-25(11-30)12-34(13-25)23-22(26)21(7-8-31-23)37-20-6-5-15(9-19(20)29)35-24(36)33(14-32-35)10-16-17(27)3-2-4-18(16)28/h2-9,14H,10,12-13H2,1H3. The van der Waals surface area contributed by atoms with Crippen molar-refractivity contribution in [2.45, 2.75) is 13.5 Å². The third kappa shape index (κ3) is 4.51. The van der Waals surface area contributed by atoms with Crippen molar-refractivity contribution in [3.8, 4) is 23.3 Å². The normalized spacial score (nSPS) is 14.2. The maximum atomic E-state index is 14.9. The Morgan fingerprint density at radius 1 is 1.11 bits per heavy atom. The second kappa shape index (κ2) is 9.29. The summed E-state index contributed by atoms with van der Waals surface area (Å²) in [6, 6.07) is 10.9. The van der Waals surface area contributed by atoms with Crippen LogP contribution in [0.1, 0.15) is 12.5 Å². The van der Waals surface area contributed by atoms with Crippen molar-refractivity contribution in [2.75, 3.05) is 18.0 Å². The summed E-state index contributed by atoms with van der Waals surface area (Å²) in [6.07, 6.45) is 2.58. The molecule has 0 radical (unpaired) electrons. The summed E-state index contributed by atoms with van der Waals surface area (Å²) in [6.45, 7) is 2.36. The van der Waals surface area contributed by atoms with E-state index in [0.717, 1.165) is 33.8 Å². The number of anilines is 1. The molecule has 37 heavy (non-hydrogen) atoms. The molecule has 0 unspecified atom stereocenters. The highest BCUT2D eigenvalue weighted by Gasteiger charge is 2.40. The molecule has 0 bridgehead atoms. The first-order valence-electron chi connectivity index (χ1n) is 11.0. The molecule has 0 saturated carbocycles. The largest absolute Gasteiger partial charge is 0.453 e. The number of aromatic nitrogens is 4. The van der Waals surface area contributed by atoms with Gasteiger partial charge in [-0.2, -0.15) is 15.0 Å². The summed E-state index contributed by atoms with van der Waals surface area (Å²) in [5.74, 6) is -1.95. The van der Waals surface area contributed by atoms with Crippen LogP contribution in [0, 0.1) is 34.2 Å². The van der Waals surface area contributed by atoms with Crippen LogP contribution in [0.4, 0.5) is 19.0 Å². The molecule has 0 atom stereocenters.